The lowest BCUT2D eigenvalue weighted by Crippen LogP contribution is -2.78. The lowest BCUT2D eigenvalue weighted by atomic mass is 10.1. The molecule has 322 valence electrons. The summed E-state index contributed by atoms with van der Waals surface area (Å²) in [4.78, 5) is 12.9. The highest BCUT2D eigenvalue weighted by atomic mass is 32.1. The van der Waals surface area contributed by atoms with E-state index in [-0.39, 0.29) is 0 Å². The summed E-state index contributed by atoms with van der Waals surface area (Å²) in [5, 5.41) is 13.3. The van der Waals surface area contributed by atoms with Crippen molar-refractivity contribution in [2.45, 2.75) is 0 Å². The Kier molecular flexibility index (Phi) is 9.57. The molecular formula is C61H44N4SSi2. The van der Waals surface area contributed by atoms with E-state index in [1.165, 1.54) is 73.0 Å². The number of pyridine rings is 1. The molecule has 4 nitrogen and oxygen atoms in total. The summed E-state index contributed by atoms with van der Waals surface area (Å²) in [5.41, 5.74) is 5.55. The standard InChI is InChI=1S/C61H44N4SSi2/c1-64-52-33-16-15-32-51(52)63-61(64)43-21-20-30-48(41-43)67(44-22-6-2-7-23-44,45-24-8-3-9-25-45)49-36-39-57-54(42-49)65(58-35-18-19-40-62-58)53-37-38-56-59(50-31-14-17-34-55(50)66-56)60(53)68(57,46-26-10-4-11-27-46)47-28-12-5-13-29-47/h2-42H,1H3. The maximum absolute atomic E-state index is 5.23. The number of aryl methyl sites for hydroxylation is 1. The second kappa shape index (κ2) is 16.1. The summed E-state index contributed by atoms with van der Waals surface area (Å²) in [6, 6.07) is 90.8. The van der Waals surface area contributed by atoms with Crippen molar-refractivity contribution < 1.29 is 0 Å². The van der Waals surface area contributed by atoms with Crippen LogP contribution in [0.2, 0.25) is 0 Å². The van der Waals surface area contributed by atoms with Crippen molar-refractivity contribution in [3.63, 3.8) is 0 Å². The lowest BCUT2D eigenvalue weighted by molar-refractivity contribution is 0.959. The smallest absolute Gasteiger partial charge is 0.184 e. The van der Waals surface area contributed by atoms with Gasteiger partial charge in [-0.1, -0.05) is 194 Å². The molecule has 68 heavy (non-hydrogen) atoms. The molecule has 0 N–H and O–H groups in total. The molecule has 4 heterocycles. The Morgan fingerprint density at radius 1 is 0.485 bits per heavy atom. The number of hydrogen-bond acceptors (Lipinski definition) is 4. The Balaban J connectivity index is 1.18. The molecule has 9 aromatic carbocycles. The summed E-state index contributed by atoms with van der Waals surface area (Å²) in [6.45, 7) is 0. The SMILES string of the molecule is Cn1c(-c2cccc([Si](c3ccccc3)(c3ccccc3)c3ccc4c(c3)N(c3ccccn3)c3ccc5sc6ccccc6c5c3[Si]4(c3ccccc3)c3ccccc3)c2)nc2ccccc21. The topological polar surface area (TPSA) is 34.0 Å². The summed E-state index contributed by atoms with van der Waals surface area (Å²) >= 11 is 1.89. The first-order valence-corrected chi connectivity index (χ1v) is 28.0. The highest BCUT2D eigenvalue weighted by Gasteiger charge is 2.52. The third-order valence-corrected chi connectivity index (χ3v) is 25.0. The molecule has 0 aliphatic carbocycles. The Hall–Kier alpha value is -7.95. The molecule has 0 fully saturated rings. The summed E-state index contributed by atoms with van der Waals surface area (Å²) in [5.74, 6) is 1.85. The highest BCUT2D eigenvalue weighted by Crippen LogP contribution is 2.43. The number of aromatic nitrogens is 3. The molecule has 0 spiro atoms. The maximum atomic E-state index is 5.23. The predicted molar refractivity (Wildman–Crippen MR) is 292 cm³/mol. The first-order chi connectivity index (χ1) is 33.7. The number of nitrogens with zero attached hydrogens (tertiary/aromatic N) is 4. The minimum Gasteiger partial charge on any atom is -0.327 e. The van der Waals surface area contributed by atoms with Crippen LogP contribution in [0.25, 0.3) is 42.6 Å². The van der Waals surface area contributed by atoms with Crippen molar-refractivity contribution in [1.29, 1.82) is 0 Å². The van der Waals surface area contributed by atoms with E-state index in [1.807, 2.05) is 23.6 Å². The average molecular weight is 921 g/mol. The van der Waals surface area contributed by atoms with Crippen LogP contribution in [0, 0.1) is 0 Å². The van der Waals surface area contributed by atoms with Crippen molar-refractivity contribution in [2.24, 2.45) is 7.05 Å². The van der Waals surface area contributed by atoms with Crippen LogP contribution in [0.1, 0.15) is 0 Å². The van der Waals surface area contributed by atoms with Gasteiger partial charge in [0.2, 0.25) is 0 Å². The Morgan fingerprint density at radius 2 is 1.10 bits per heavy atom. The monoisotopic (exact) mass is 920 g/mol. The van der Waals surface area contributed by atoms with Gasteiger partial charge in [-0.3, -0.25) is 4.90 Å². The zero-order valence-corrected chi connectivity index (χ0v) is 40.2. The fraction of sp³-hybridized carbons (Fsp3) is 0.0164. The van der Waals surface area contributed by atoms with E-state index in [4.69, 9.17) is 9.97 Å². The van der Waals surface area contributed by atoms with Crippen molar-refractivity contribution in [1.82, 2.24) is 14.5 Å². The van der Waals surface area contributed by atoms with Crippen molar-refractivity contribution >= 4 is 117 Å². The van der Waals surface area contributed by atoms with E-state index in [1.54, 1.807) is 0 Å². The molecule has 1 aliphatic heterocycles. The molecule has 3 aromatic heterocycles. The fourth-order valence-corrected chi connectivity index (χ4v) is 22.8. The lowest BCUT2D eigenvalue weighted by Gasteiger charge is -2.46. The zero-order valence-electron chi connectivity index (χ0n) is 37.4. The maximum Gasteiger partial charge on any atom is 0.184 e. The van der Waals surface area contributed by atoms with Crippen LogP contribution in [-0.4, -0.2) is 30.7 Å². The number of fused-ring (bicyclic) bond motifs is 7. The molecule has 0 unspecified atom stereocenters. The van der Waals surface area contributed by atoms with Crippen LogP contribution in [0.15, 0.2) is 249 Å². The molecule has 0 bridgehead atoms. The van der Waals surface area contributed by atoms with Gasteiger partial charge in [-0.2, -0.15) is 0 Å². The van der Waals surface area contributed by atoms with E-state index in [0.29, 0.717) is 0 Å². The number of benzene rings is 9. The molecule has 0 saturated carbocycles. The van der Waals surface area contributed by atoms with Gasteiger partial charge in [0.1, 0.15) is 11.6 Å². The fourth-order valence-electron chi connectivity index (χ4n) is 11.5. The van der Waals surface area contributed by atoms with Gasteiger partial charge < -0.3 is 4.57 Å². The Bertz CT molecular complexity index is 3740. The van der Waals surface area contributed by atoms with E-state index >= 15 is 0 Å². The second-order valence-electron chi connectivity index (χ2n) is 17.7. The molecule has 7 heteroatoms. The van der Waals surface area contributed by atoms with Crippen LogP contribution in [0.5, 0.6) is 0 Å². The van der Waals surface area contributed by atoms with Gasteiger partial charge in [-0.05, 0) is 90.0 Å². The van der Waals surface area contributed by atoms with Gasteiger partial charge in [-0.25, -0.2) is 9.97 Å². The molecule has 0 saturated heterocycles. The molecule has 0 amide bonds. The number of thiophene rings is 1. The summed E-state index contributed by atoms with van der Waals surface area (Å²) in [7, 11) is -4.16. The first-order valence-electron chi connectivity index (χ1n) is 23.2. The van der Waals surface area contributed by atoms with Crippen LogP contribution >= 0.6 is 11.3 Å². The van der Waals surface area contributed by atoms with Gasteiger partial charge in [-0.15, -0.1) is 11.3 Å². The van der Waals surface area contributed by atoms with Gasteiger partial charge in [0.05, 0.1) is 11.0 Å². The van der Waals surface area contributed by atoms with Gasteiger partial charge >= 0.3 is 0 Å². The average Bonchev–Trinajstić information content (AvgIpc) is 3.97. The van der Waals surface area contributed by atoms with Crippen LogP contribution in [-0.2, 0) is 7.05 Å². The third kappa shape index (κ3) is 5.96. The number of anilines is 3. The largest absolute Gasteiger partial charge is 0.327 e. The Labute approximate surface area is 401 Å². The van der Waals surface area contributed by atoms with Gasteiger partial charge in [0.15, 0.2) is 16.1 Å². The van der Waals surface area contributed by atoms with Crippen molar-refractivity contribution in [3.8, 4) is 11.4 Å². The molecular weight excluding hydrogens is 877 g/mol. The first kappa shape index (κ1) is 40.3. The van der Waals surface area contributed by atoms with E-state index < -0.39 is 16.1 Å². The van der Waals surface area contributed by atoms with Crippen molar-refractivity contribution in [2.75, 3.05) is 4.90 Å². The summed E-state index contributed by atoms with van der Waals surface area (Å²) < 4.78 is 4.83. The normalized spacial score (nSPS) is 13.2. The van der Waals surface area contributed by atoms with E-state index in [2.05, 4.69) is 253 Å². The molecule has 0 radical (unpaired) electrons. The zero-order chi connectivity index (χ0) is 45.2. The molecule has 13 rings (SSSR count). The third-order valence-electron chi connectivity index (χ3n) is 14.3. The molecule has 0 atom stereocenters. The van der Waals surface area contributed by atoms with Crippen LogP contribution in [0.4, 0.5) is 17.2 Å². The quantitative estimate of drug-likeness (QED) is 0.113. The van der Waals surface area contributed by atoms with E-state index in [9.17, 15) is 0 Å². The van der Waals surface area contributed by atoms with Gasteiger partial charge in [0, 0.05) is 50.4 Å². The van der Waals surface area contributed by atoms with Gasteiger partial charge in [0.25, 0.3) is 0 Å². The Morgan fingerprint density at radius 3 is 1.79 bits per heavy atom. The molecule has 12 aromatic rings. The summed E-state index contributed by atoms with van der Waals surface area (Å²) in [6.07, 6.45) is 1.93. The predicted octanol–water partition coefficient (Wildman–Crippen LogP) is 9.54. The second-order valence-corrected chi connectivity index (χ2v) is 26.3. The number of imidazole rings is 1. The highest BCUT2D eigenvalue weighted by molar-refractivity contribution is 7.28. The molecule has 1 aliphatic rings. The van der Waals surface area contributed by atoms with E-state index in [0.717, 1.165) is 28.2 Å². The number of rotatable bonds is 8. The van der Waals surface area contributed by atoms with Crippen LogP contribution < -0.4 is 46.4 Å². The number of hydrogen-bond donors (Lipinski definition) is 0. The van der Waals surface area contributed by atoms with Crippen molar-refractivity contribution in [3.05, 3.63) is 249 Å². The number of para-hydroxylation sites is 2. The minimum absolute atomic E-state index is 0.894. The minimum atomic E-state index is -3.15. The van der Waals surface area contributed by atoms with Crippen LogP contribution in [0.3, 0.4) is 0 Å².